The van der Waals surface area contributed by atoms with Gasteiger partial charge in [0.2, 0.25) is 10.0 Å². The second kappa shape index (κ2) is 5.62. The van der Waals surface area contributed by atoms with Gasteiger partial charge in [-0.3, -0.25) is 0 Å². The van der Waals surface area contributed by atoms with Crippen LogP contribution >= 0.6 is 0 Å². The van der Waals surface area contributed by atoms with Crippen molar-refractivity contribution >= 4 is 10.0 Å². The molecule has 1 saturated carbocycles. The van der Waals surface area contributed by atoms with Crippen molar-refractivity contribution in [3.05, 3.63) is 35.4 Å². The highest BCUT2D eigenvalue weighted by atomic mass is 32.2. The Hall–Kier alpha value is -1.05. The van der Waals surface area contributed by atoms with Crippen LogP contribution < -0.4 is 4.72 Å². The highest BCUT2D eigenvalue weighted by Gasteiger charge is 2.45. The lowest BCUT2D eigenvalue weighted by atomic mass is 9.89. The molecule has 2 N–H and O–H groups in total. The zero-order valence-electron chi connectivity index (χ0n) is 11.9. The van der Waals surface area contributed by atoms with Crippen LogP contribution in [0.3, 0.4) is 0 Å². The summed E-state index contributed by atoms with van der Waals surface area (Å²) in [7, 11) is -3.58. The standard InChI is InChI=1S/C14H19F2NO3S/c1-9(2)21(19,20)17-13-4-3-5-14(13,18)10-6-11(15)8-12(16)7-10/h6-9,13,17-18H,3-5H2,1-2H3. The first-order valence-electron chi connectivity index (χ1n) is 6.85. The van der Waals surface area contributed by atoms with Gasteiger partial charge in [0.1, 0.15) is 17.2 Å². The maximum absolute atomic E-state index is 13.4. The third-order valence-corrected chi connectivity index (χ3v) is 5.77. The van der Waals surface area contributed by atoms with Crippen molar-refractivity contribution in [2.24, 2.45) is 0 Å². The van der Waals surface area contributed by atoms with Crippen LogP contribution in [0.1, 0.15) is 38.7 Å². The van der Waals surface area contributed by atoms with Crippen molar-refractivity contribution in [3.8, 4) is 0 Å². The normalized spacial score (nSPS) is 26.5. The van der Waals surface area contributed by atoms with E-state index in [0.29, 0.717) is 12.8 Å². The predicted octanol–water partition coefficient (Wildman–Crippen LogP) is 2.03. The molecule has 0 radical (unpaired) electrons. The topological polar surface area (TPSA) is 66.4 Å². The van der Waals surface area contributed by atoms with Crippen molar-refractivity contribution in [2.45, 2.75) is 50.0 Å². The summed E-state index contributed by atoms with van der Waals surface area (Å²) in [5.41, 5.74) is -1.53. The summed E-state index contributed by atoms with van der Waals surface area (Å²) in [5, 5.41) is 10.1. The molecule has 0 saturated heterocycles. The third-order valence-electron chi connectivity index (χ3n) is 3.92. The maximum Gasteiger partial charge on any atom is 0.214 e. The van der Waals surface area contributed by atoms with E-state index in [1.807, 2.05) is 0 Å². The van der Waals surface area contributed by atoms with E-state index in [4.69, 9.17) is 0 Å². The van der Waals surface area contributed by atoms with Crippen molar-refractivity contribution in [1.29, 1.82) is 0 Å². The molecule has 2 rings (SSSR count). The Labute approximate surface area is 123 Å². The van der Waals surface area contributed by atoms with Gasteiger partial charge in [-0.15, -0.1) is 0 Å². The van der Waals surface area contributed by atoms with Gasteiger partial charge in [-0.1, -0.05) is 0 Å². The van der Waals surface area contributed by atoms with Crippen LogP contribution in [0.5, 0.6) is 0 Å². The summed E-state index contributed by atoms with van der Waals surface area (Å²) in [6, 6.07) is 2.02. The molecule has 0 amide bonds. The average Bonchev–Trinajstić information content (AvgIpc) is 2.70. The number of aliphatic hydroxyl groups is 1. The molecule has 4 nitrogen and oxygen atoms in total. The fraction of sp³-hybridized carbons (Fsp3) is 0.571. The molecule has 0 spiro atoms. The second-order valence-corrected chi connectivity index (χ2v) is 8.01. The Morgan fingerprint density at radius 1 is 1.29 bits per heavy atom. The van der Waals surface area contributed by atoms with Gasteiger partial charge in [-0.2, -0.15) is 0 Å². The van der Waals surface area contributed by atoms with Gasteiger partial charge in [-0.05, 0) is 50.8 Å². The van der Waals surface area contributed by atoms with E-state index in [1.54, 1.807) is 0 Å². The first-order chi connectivity index (χ1) is 9.65. The summed E-state index contributed by atoms with van der Waals surface area (Å²) in [6.07, 6.45) is 1.24. The van der Waals surface area contributed by atoms with E-state index in [-0.39, 0.29) is 12.0 Å². The molecule has 2 unspecified atom stereocenters. The van der Waals surface area contributed by atoms with Crippen LogP contribution in [-0.4, -0.2) is 24.8 Å². The lowest BCUT2D eigenvalue weighted by Crippen LogP contribution is -2.49. The highest BCUT2D eigenvalue weighted by molar-refractivity contribution is 7.90. The summed E-state index contributed by atoms with van der Waals surface area (Å²) >= 11 is 0. The number of hydrogen-bond acceptors (Lipinski definition) is 3. The Balaban J connectivity index is 2.36. The number of nitrogens with one attached hydrogen (secondary N) is 1. The van der Waals surface area contributed by atoms with E-state index in [9.17, 15) is 22.3 Å². The second-order valence-electron chi connectivity index (χ2n) is 5.74. The molecule has 1 aliphatic carbocycles. The molecule has 21 heavy (non-hydrogen) atoms. The lowest BCUT2D eigenvalue weighted by Gasteiger charge is -2.31. The zero-order valence-corrected chi connectivity index (χ0v) is 12.8. The van der Waals surface area contributed by atoms with E-state index in [2.05, 4.69) is 4.72 Å². The predicted molar refractivity (Wildman–Crippen MR) is 75.1 cm³/mol. The lowest BCUT2D eigenvalue weighted by molar-refractivity contribution is 0.0225. The number of benzene rings is 1. The Morgan fingerprint density at radius 3 is 2.38 bits per heavy atom. The van der Waals surface area contributed by atoms with Crippen LogP contribution in [0.15, 0.2) is 18.2 Å². The fourth-order valence-corrected chi connectivity index (χ4v) is 3.61. The van der Waals surface area contributed by atoms with Gasteiger partial charge >= 0.3 is 0 Å². The SMILES string of the molecule is CC(C)S(=O)(=O)NC1CCCC1(O)c1cc(F)cc(F)c1. The van der Waals surface area contributed by atoms with Crippen molar-refractivity contribution < 1.29 is 22.3 Å². The molecule has 0 heterocycles. The molecular formula is C14H19F2NO3S. The highest BCUT2D eigenvalue weighted by Crippen LogP contribution is 2.39. The summed E-state index contributed by atoms with van der Waals surface area (Å²) in [5.74, 6) is -1.59. The quantitative estimate of drug-likeness (QED) is 0.892. The van der Waals surface area contributed by atoms with Gasteiger partial charge in [0.05, 0.1) is 11.3 Å². The van der Waals surface area contributed by atoms with Gasteiger partial charge in [0.15, 0.2) is 0 Å². The zero-order chi connectivity index (χ0) is 15.8. The van der Waals surface area contributed by atoms with Crippen LogP contribution in [0, 0.1) is 11.6 Å². The number of sulfonamides is 1. The van der Waals surface area contributed by atoms with Gasteiger partial charge in [0.25, 0.3) is 0 Å². The molecule has 1 aliphatic rings. The number of halogens is 2. The average molecular weight is 319 g/mol. The molecule has 0 aromatic heterocycles. The van der Waals surface area contributed by atoms with Crippen molar-refractivity contribution in [2.75, 3.05) is 0 Å². The first-order valence-corrected chi connectivity index (χ1v) is 8.40. The molecule has 1 aromatic carbocycles. The van der Waals surface area contributed by atoms with E-state index in [0.717, 1.165) is 18.2 Å². The summed E-state index contributed by atoms with van der Waals surface area (Å²) in [6.45, 7) is 3.05. The van der Waals surface area contributed by atoms with Crippen molar-refractivity contribution in [1.82, 2.24) is 4.72 Å². The van der Waals surface area contributed by atoms with Gasteiger partial charge in [0, 0.05) is 6.07 Å². The Bertz CT molecular complexity index is 613. The minimum absolute atomic E-state index is 0.0638. The smallest absolute Gasteiger partial charge is 0.214 e. The number of rotatable bonds is 4. The summed E-state index contributed by atoms with van der Waals surface area (Å²) in [4.78, 5) is 0. The van der Waals surface area contributed by atoms with E-state index < -0.39 is 38.6 Å². The molecule has 7 heteroatoms. The molecule has 2 atom stereocenters. The Morgan fingerprint density at radius 2 is 1.86 bits per heavy atom. The summed E-state index contributed by atoms with van der Waals surface area (Å²) < 4.78 is 53.1. The van der Waals surface area contributed by atoms with Crippen molar-refractivity contribution in [3.63, 3.8) is 0 Å². The first kappa shape index (κ1) is 16.3. The number of hydrogen-bond donors (Lipinski definition) is 2. The van der Waals surface area contributed by atoms with Crippen LogP contribution in [0.2, 0.25) is 0 Å². The van der Waals surface area contributed by atoms with Crippen LogP contribution in [-0.2, 0) is 15.6 Å². The molecule has 0 bridgehead atoms. The molecule has 118 valence electrons. The molecule has 1 fully saturated rings. The maximum atomic E-state index is 13.4. The Kier molecular flexibility index (Phi) is 4.37. The fourth-order valence-electron chi connectivity index (χ4n) is 2.63. The van der Waals surface area contributed by atoms with Gasteiger partial charge in [-0.25, -0.2) is 21.9 Å². The molecule has 1 aromatic rings. The minimum atomic E-state index is -3.58. The third kappa shape index (κ3) is 3.25. The van der Waals surface area contributed by atoms with E-state index >= 15 is 0 Å². The monoisotopic (exact) mass is 319 g/mol. The van der Waals surface area contributed by atoms with Crippen LogP contribution in [0.4, 0.5) is 8.78 Å². The van der Waals surface area contributed by atoms with Crippen LogP contribution in [0.25, 0.3) is 0 Å². The minimum Gasteiger partial charge on any atom is -0.383 e. The molecular weight excluding hydrogens is 300 g/mol. The molecule has 0 aliphatic heterocycles. The van der Waals surface area contributed by atoms with Gasteiger partial charge < -0.3 is 5.11 Å². The largest absolute Gasteiger partial charge is 0.383 e. The van der Waals surface area contributed by atoms with E-state index in [1.165, 1.54) is 13.8 Å².